The highest BCUT2D eigenvalue weighted by molar-refractivity contribution is 7.89. The first kappa shape index (κ1) is 16.5. The Bertz CT molecular complexity index is 583. The normalized spacial score (nSPS) is 23.8. The van der Waals surface area contributed by atoms with Crippen LogP contribution in [0.25, 0.3) is 0 Å². The average molecular weight is 311 g/mol. The van der Waals surface area contributed by atoms with Gasteiger partial charge < -0.3 is 5.11 Å². The van der Waals surface area contributed by atoms with E-state index >= 15 is 0 Å². The molecule has 1 aromatic carbocycles. The van der Waals surface area contributed by atoms with Crippen LogP contribution in [0.5, 0.6) is 0 Å². The summed E-state index contributed by atoms with van der Waals surface area (Å²) >= 11 is 0. The zero-order valence-corrected chi connectivity index (χ0v) is 13.6. The molecule has 21 heavy (non-hydrogen) atoms. The van der Waals surface area contributed by atoms with Gasteiger partial charge in [-0.1, -0.05) is 32.3 Å². The Morgan fingerprint density at radius 2 is 1.95 bits per heavy atom. The van der Waals surface area contributed by atoms with Gasteiger partial charge in [0, 0.05) is 6.04 Å². The summed E-state index contributed by atoms with van der Waals surface area (Å²) in [5.74, 6) is 0.366. The van der Waals surface area contributed by atoms with Crippen molar-refractivity contribution in [1.82, 2.24) is 4.72 Å². The van der Waals surface area contributed by atoms with Crippen LogP contribution in [-0.4, -0.2) is 19.6 Å². The van der Waals surface area contributed by atoms with E-state index in [1.54, 1.807) is 18.2 Å². The Balaban J connectivity index is 2.21. The van der Waals surface area contributed by atoms with Gasteiger partial charge in [-0.3, -0.25) is 0 Å². The minimum absolute atomic E-state index is 0.0105. The summed E-state index contributed by atoms with van der Waals surface area (Å²) in [6, 6.07) is 4.94. The SMILES string of the molecule is Cc1ccc(S(=O)(=O)NC2CCCCCC2C)cc1CO. The molecule has 1 aromatic rings. The summed E-state index contributed by atoms with van der Waals surface area (Å²) in [5, 5.41) is 9.29. The molecule has 5 heteroatoms. The van der Waals surface area contributed by atoms with Crippen LogP contribution < -0.4 is 4.72 Å². The van der Waals surface area contributed by atoms with E-state index in [2.05, 4.69) is 11.6 Å². The highest BCUT2D eigenvalue weighted by Crippen LogP contribution is 2.25. The van der Waals surface area contributed by atoms with Crippen LogP contribution in [-0.2, 0) is 16.6 Å². The van der Waals surface area contributed by atoms with Gasteiger partial charge in [0.05, 0.1) is 11.5 Å². The van der Waals surface area contributed by atoms with Gasteiger partial charge in [0.15, 0.2) is 0 Å². The molecular weight excluding hydrogens is 286 g/mol. The molecule has 4 nitrogen and oxygen atoms in total. The van der Waals surface area contributed by atoms with E-state index in [1.807, 2.05) is 6.92 Å². The number of nitrogens with one attached hydrogen (secondary N) is 1. The third kappa shape index (κ3) is 4.05. The molecular formula is C16H25NO3S. The molecule has 2 unspecified atom stereocenters. The number of benzene rings is 1. The lowest BCUT2D eigenvalue weighted by Gasteiger charge is -2.23. The van der Waals surface area contributed by atoms with Crippen LogP contribution in [0.15, 0.2) is 23.1 Å². The van der Waals surface area contributed by atoms with E-state index in [0.29, 0.717) is 11.5 Å². The Labute approximate surface area is 127 Å². The molecule has 0 saturated heterocycles. The fraction of sp³-hybridized carbons (Fsp3) is 0.625. The second-order valence-electron chi connectivity index (χ2n) is 6.09. The van der Waals surface area contributed by atoms with E-state index in [9.17, 15) is 13.5 Å². The van der Waals surface area contributed by atoms with E-state index < -0.39 is 10.0 Å². The van der Waals surface area contributed by atoms with Gasteiger partial charge in [-0.05, 0) is 48.9 Å². The zero-order chi connectivity index (χ0) is 15.5. The van der Waals surface area contributed by atoms with Crippen LogP contribution >= 0.6 is 0 Å². The summed E-state index contributed by atoms with van der Waals surface area (Å²) in [7, 11) is -3.52. The molecule has 0 spiro atoms. The van der Waals surface area contributed by atoms with Crippen molar-refractivity contribution in [2.24, 2.45) is 5.92 Å². The fourth-order valence-corrected chi connectivity index (χ4v) is 4.35. The number of aryl methyl sites for hydroxylation is 1. The predicted octanol–water partition coefficient (Wildman–Crippen LogP) is 2.73. The Kier molecular flexibility index (Phi) is 5.41. The number of hydrogen-bond acceptors (Lipinski definition) is 3. The summed E-state index contributed by atoms with van der Waals surface area (Å²) in [6.45, 7) is 3.84. The first-order chi connectivity index (χ1) is 9.94. The smallest absolute Gasteiger partial charge is 0.240 e. The number of aliphatic hydroxyl groups is 1. The van der Waals surface area contributed by atoms with Crippen LogP contribution in [0.4, 0.5) is 0 Å². The van der Waals surface area contributed by atoms with E-state index in [4.69, 9.17) is 0 Å². The maximum atomic E-state index is 12.5. The van der Waals surface area contributed by atoms with Gasteiger partial charge in [-0.15, -0.1) is 0 Å². The molecule has 1 saturated carbocycles. The number of aliphatic hydroxyl groups excluding tert-OH is 1. The summed E-state index contributed by atoms with van der Waals surface area (Å²) in [6.07, 6.45) is 5.41. The van der Waals surface area contributed by atoms with E-state index in [-0.39, 0.29) is 17.5 Å². The largest absolute Gasteiger partial charge is 0.392 e. The molecule has 0 radical (unpaired) electrons. The lowest BCUT2D eigenvalue weighted by atomic mass is 9.98. The monoisotopic (exact) mass is 311 g/mol. The van der Waals surface area contributed by atoms with Crippen molar-refractivity contribution in [1.29, 1.82) is 0 Å². The zero-order valence-electron chi connectivity index (χ0n) is 12.8. The molecule has 1 fully saturated rings. The average Bonchev–Trinajstić information content (AvgIpc) is 2.64. The third-order valence-electron chi connectivity index (χ3n) is 4.47. The lowest BCUT2D eigenvalue weighted by molar-refractivity contribution is 0.280. The van der Waals surface area contributed by atoms with Gasteiger partial charge in [0.1, 0.15) is 0 Å². The summed E-state index contributed by atoms with van der Waals surface area (Å²) in [4.78, 5) is 0.244. The van der Waals surface area contributed by atoms with Crippen molar-refractivity contribution in [3.63, 3.8) is 0 Å². The van der Waals surface area contributed by atoms with Crippen LogP contribution in [0.1, 0.15) is 50.2 Å². The Morgan fingerprint density at radius 3 is 2.67 bits per heavy atom. The molecule has 0 bridgehead atoms. The molecule has 2 N–H and O–H groups in total. The molecule has 2 rings (SSSR count). The van der Waals surface area contributed by atoms with Crippen molar-refractivity contribution in [2.75, 3.05) is 0 Å². The maximum absolute atomic E-state index is 12.5. The topological polar surface area (TPSA) is 66.4 Å². The van der Waals surface area contributed by atoms with Gasteiger partial charge >= 0.3 is 0 Å². The van der Waals surface area contributed by atoms with Gasteiger partial charge in [-0.2, -0.15) is 0 Å². The minimum atomic E-state index is -3.52. The molecule has 0 aliphatic heterocycles. The molecule has 118 valence electrons. The van der Waals surface area contributed by atoms with Crippen LogP contribution in [0.2, 0.25) is 0 Å². The molecule has 0 aromatic heterocycles. The maximum Gasteiger partial charge on any atom is 0.240 e. The first-order valence-electron chi connectivity index (χ1n) is 7.67. The van der Waals surface area contributed by atoms with Crippen molar-refractivity contribution in [3.05, 3.63) is 29.3 Å². The summed E-state index contributed by atoms with van der Waals surface area (Å²) < 4.78 is 28.0. The third-order valence-corrected chi connectivity index (χ3v) is 5.96. The van der Waals surface area contributed by atoms with E-state index in [1.165, 1.54) is 12.8 Å². The Hall–Kier alpha value is -0.910. The molecule has 1 aliphatic carbocycles. The predicted molar refractivity (Wildman–Crippen MR) is 83.5 cm³/mol. The molecule has 0 heterocycles. The first-order valence-corrected chi connectivity index (χ1v) is 9.15. The lowest BCUT2D eigenvalue weighted by Crippen LogP contribution is -2.38. The molecule has 1 aliphatic rings. The highest BCUT2D eigenvalue weighted by atomic mass is 32.2. The number of sulfonamides is 1. The van der Waals surface area contributed by atoms with Crippen LogP contribution in [0, 0.1) is 12.8 Å². The standard InChI is InChI=1S/C16H25NO3S/c1-12-8-9-15(10-14(12)11-18)21(19,20)17-16-7-5-3-4-6-13(16)2/h8-10,13,16-18H,3-7,11H2,1-2H3. The number of rotatable bonds is 4. The molecule has 2 atom stereocenters. The Morgan fingerprint density at radius 1 is 1.24 bits per heavy atom. The fourth-order valence-electron chi connectivity index (χ4n) is 2.92. The van der Waals surface area contributed by atoms with Crippen molar-refractivity contribution in [3.8, 4) is 0 Å². The van der Waals surface area contributed by atoms with E-state index in [0.717, 1.165) is 24.8 Å². The van der Waals surface area contributed by atoms with Gasteiger partial charge in [0.2, 0.25) is 10.0 Å². The second kappa shape index (κ2) is 6.90. The summed E-state index contributed by atoms with van der Waals surface area (Å²) in [5.41, 5.74) is 1.56. The van der Waals surface area contributed by atoms with Crippen LogP contribution in [0.3, 0.4) is 0 Å². The van der Waals surface area contributed by atoms with Crippen molar-refractivity contribution in [2.45, 2.75) is 63.5 Å². The highest BCUT2D eigenvalue weighted by Gasteiger charge is 2.26. The minimum Gasteiger partial charge on any atom is -0.392 e. The van der Waals surface area contributed by atoms with Crippen molar-refractivity contribution < 1.29 is 13.5 Å². The second-order valence-corrected chi connectivity index (χ2v) is 7.80. The molecule has 0 amide bonds. The number of hydrogen-bond donors (Lipinski definition) is 2. The van der Waals surface area contributed by atoms with Gasteiger partial charge in [0.25, 0.3) is 0 Å². The quantitative estimate of drug-likeness (QED) is 0.840. The van der Waals surface area contributed by atoms with Crippen molar-refractivity contribution >= 4 is 10.0 Å². The van der Waals surface area contributed by atoms with Gasteiger partial charge in [-0.25, -0.2) is 13.1 Å².